The van der Waals surface area contributed by atoms with Crippen molar-refractivity contribution in [1.29, 1.82) is 0 Å². The van der Waals surface area contributed by atoms with Crippen molar-refractivity contribution in [3.8, 4) is 0 Å². The van der Waals surface area contributed by atoms with Crippen LogP contribution in [0, 0.1) is 11.8 Å². The Morgan fingerprint density at radius 2 is 0.708 bits per heavy atom. The number of ether oxygens (including phenoxy) is 2. The second-order valence-electron chi connectivity index (χ2n) is 23.3. The maximum atomic E-state index is 14.0. The second-order valence-corrected chi connectivity index (χ2v) is 23.3. The summed E-state index contributed by atoms with van der Waals surface area (Å²) in [4.78, 5) is 31.4. The van der Waals surface area contributed by atoms with E-state index in [1.807, 2.05) is 0 Å². The number of carbonyl (C=O) groups is 2. The van der Waals surface area contributed by atoms with Crippen molar-refractivity contribution in [3.05, 3.63) is 0 Å². The van der Waals surface area contributed by atoms with Crippen LogP contribution >= 0.6 is 0 Å². The molecule has 430 valence electrons. The third-order valence-corrected chi connectivity index (χ3v) is 15.8. The third kappa shape index (κ3) is 48.5. The lowest BCUT2D eigenvalue weighted by molar-refractivity contribution is -0.145. The van der Waals surface area contributed by atoms with Gasteiger partial charge in [-0.05, 0) is 103 Å². The van der Waals surface area contributed by atoms with E-state index in [0.717, 1.165) is 70.9 Å². The number of esters is 1. The van der Waals surface area contributed by atoms with Gasteiger partial charge in [-0.3, -0.25) is 9.59 Å². The number of aliphatic hydroxyl groups excluding tert-OH is 1. The van der Waals surface area contributed by atoms with Gasteiger partial charge >= 0.3 is 5.97 Å². The van der Waals surface area contributed by atoms with Gasteiger partial charge in [0.25, 0.3) is 0 Å². The average Bonchev–Trinajstić information content (AvgIpc) is 3.37. The molecule has 0 saturated carbocycles. The van der Waals surface area contributed by atoms with E-state index in [4.69, 9.17) is 9.47 Å². The molecule has 0 fully saturated rings. The number of nitrogens with zero attached hydrogens (tertiary/aromatic N) is 2. The van der Waals surface area contributed by atoms with Crippen molar-refractivity contribution >= 4 is 11.9 Å². The summed E-state index contributed by atoms with van der Waals surface area (Å²) in [5, 5.41) is 10.8. The summed E-state index contributed by atoms with van der Waals surface area (Å²) in [5.41, 5.74) is 0. The van der Waals surface area contributed by atoms with Crippen molar-refractivity contribution in [2.75, 3.05) is 40.4 Å². The number of carbonyl (C=O) groups excluding carboxylic acids is 2. The first kappa shape index (κ1) is 70.8. The first-order chi connectivity index (χ1) is 35.2. The fourth-order valence-corrected chi connectivity index (χ4v) is 10.9. The number of rotatable bonds is 59. The molecule has 0 aliphatic carbocycles. The van der Waals surface area contributed by atoms with E-state index in [-0.39, 0.29) is 5.97 Å². The maximum absolute atomic E-state index is 14.0. The van der Waals surface area contributed by atoms with Crippen molar-refractivity contribution in [2.24, 2.45) is 11.8 Å². The normalized spacial score (nSPS) is 13.5. The van der Waals surface area contributed by atoms with Crippen molar-refractivity contribution in [3.63, 3.8) is 0 Å². The Balaban J connectivity index is 5.02. The molecule has 0 bridgehead atoms. The van der Waals surface area contributed by atoms with Gasteiger partial charge in [-0.2, -0.15) is 0 Å². The molecular weight excluding hydrogens is 889 g/mol. The highest BCUT2D eigenvalue weighted by molar-refractivity contribution is 5.76. The molecule has 0 heterocycles. The smallest absolute Gasteiger partial charge is 0.305 e. The van der Waals surface area contributed by atoms with E-state index < -0.39 is 6.29 Å². The number of hydrogen-bond acceptors (Lipinski definition) is 6. The molecule has 72 heavy (non-hydrogen) atoms. The molecule has 0 saturated heterocycles. The molecule has 0 aromatic carbocycles. The van der Waals surface area contributed by atoms with E-state index in [1.165, 1.54) is 238 Å². The summed E-state index contributed by atoms with van der Waals surface area (Å²) in [5.74, 6) is 1.51. The molecule has 4 atom stereocenters. The molecule has 0 aromatic heterocycles. The van der Waals surface area contributed by atoms with Gasteiger partial charge in [-0.25, -0.2) is 0 Å². The van der Waals surface area contributed by atoms with Gasteiger partial charge in [-0.1, -0.05) is 259 Å². The highest BCUT2D eigenvalue weighted by atomic mass is 16.6. The van der Waals surface area contributed by atoms with Crippen LogP contribution in [0.25, 0.3) is 0 Å². The SMILES string of the molecule is CCCCCCCCC(=O)N(CCCN(C)C)C(CCCCCCCCC(=O)OCC(CCCCCC)CCCCCCCC)CCCCCCCCC(O)OCC(CCCCCC)CCCCCCCC. The van der Waals surface area contributed by atoms with Gasteiger partial charge in [0.2, 0.25) is 5.91 Å². The summed E-state index contributed by atoms with van der Waals surface area (Å²) in [6, 6.07) is 0.329. The highest BCUT2D eigenvalue weighted by Crippen LogP contribution is 2.24. The Hall–Kier alpha value is -1.18. The quantitative estimate of drug-likeness (QED) is 0.0371. The Kier molecular flexibility index (Phi) is 55.1. The fourth-order valence-electron chi connectivity index (χ4n) is 10.9. The standard InChI is InChI=1S/C65H130N2O5/c1-8-13-18-23-30-39-49-60(47-37-21-16-11-4)58-71-64(69)54-44-35-28-26-32-41-51-62(67(57-46-56-66(6)7)63(68)53-43-34-25-20-15-10-3)52-42-33-27-29-36-45-55-65(70)72-59-61(48-38-22-17-12-5)50-40-31-24-19-14-9-2/h60-62,64,69H,8-59H2,1-7H3. The lowest BCUT2D eigenvalue weighted by Crippen LogP contribution is -2.41. The van der Waals surface area contributed by atoms with Gasteiger partial charge in [-0.15, -0.1) is 0 Å². The minimum atomic E-state index is -0.628. The zero-order valence-corrected chi connectivity index (χ0v) is 50.1. The molecule has 1 amide bonds. The minimum Gasteiger partial charge on any atom is -0.465 e. The van der Waals surface area contributed by atoms with Crippen LogP contribution < -0.4 is 0 Å². The first-order valence-corrected chi connectivity index (χ1v) is 32.6. The van der Waals surface area contributed by atoms with E-state index >= 15 is 0 Å². The number of amides is 1. The molecule has 4 unspecified atom stereocenters. The summed E-state index contributed by atoms with van der Waals surface area (Å²) in [6.07, 6.45) is 56.8. The highest BCUT2D eigenvalue weighted by Gasteiger charge is 2.23. The van der Waals surface area contributed by atoms with E-state index in [1.54, 1.807) is 0 Å². The van der Waals surface area contributed by atoms with Crippen LogP contribution in [0.3, 0.4) is 0 Å². The molecule has 7 heteroatoms. The van der Waals surface area contributed by atoms with E-state index in [2.05, 4.69) is 58.5 Å². The second kappa shape index (κ2) is 56.0. The third-order valence-electron chi connectivity index (χ3n) is 15.8. The molecule has 0 aliphatic heterocycles. The van der Waals surface area contributed by atoms with Gasteiger partial charge in [0, 0.05) is 25.4 Å². The number of hydrogen-bond donors (Lipinski definition) is 1. The van der Waals surface area contributed by atoms with Crippen LogP contribution in [0.4, 0.5) is 0 Å². The monoisotopic (exact) mass is 1020 g/mol. The van der Waals surface area contributed by atoms with Gasteiger partial charge in [0.15, 0.2) is 6.29 Å². The Morgan fingerprint density at radius 1 is 0.375 bits per heavy atom. The Morgan fingerprint density at radius 3 is 1.12 bits per heavy atom. The van der Waals surface area contributed by atoms with Crippen LogP contribution in [0.5, 0.6) is 0 Å². The van der Waals surface area contributed by atoms with Gasteiger partial charge in [0.05, 0.1) is 13.2 Å². The van der Waals surface area contributed by atoms with Crippen molar-refractivity contribution in [2.45, 2.75) is 355 Å². The summed E-state index contributed by atoms with van der Waals surface area (Å²) < 4.78 is 12.0. The van der Waals surface area contributed by atoms with Crippen LogP contribution in [0.15, 0.2) is 0 Å². The maximum Gasteiger partial charge on any atom is 0.305 e. The molecule has 0 aliphatic rings. The molecule has 0 aromatic rings. The van der Waals surface area contributed by atoms with Crippen LogP contribution in [0.2, 0.25) is 0 Å². The lowest BCUT2D eigenvalue weighted by Gasteiger charge is -2.33. The Labute approximate surface area is 451 Å². The predicted molar refractivity (Wildman–Crippen MR) is 314 cm³/mol. The fraction of sp³-hybridized carbons (Fsp3) is 0.969. The number of unbranched alkanes of at least 4 members (excludes halogenated alkanes) is 31. The molecular formula is C65H130N2O5. The predicted octanol–water partition coefficient (Wildman–Crippen LogP) is 19.7. The largest absolute Gasteiger partial charge is 0.465 e. The molecule has 7 nitrogen and oxygen atoms in total. The van der Waals surface area contributed by atoms with Gasteiger partial charge < -0.3 is 24.4 Å². The van der Waals surface area contributed by atoms with Gasteiger partial charge in [0.1, 0.15) is 0 Å². The molecule has 0 rings (SSSR count). The van der Waals surface area contributed by atoms with Crippen molar-refractivity contribution in [1.82, 2.24) is 9.80 Å². The summed E-state index contributed by atoms with van der Waals surface area (Å²) in [7, 11) is 4.29. The number of aliphatic hydroxyl groups is 1. The lowest BCUT2D eigenvalue weighted by atomic mass is 9.95. The zero-order valence-electron chi connectivity index (χ0n) is 50.1. The van der Waals surface area contributed by atoms with E-state index in [0.29, 0.717) is 49.8 Å². The van der Waals surface area contributed by atoms with E-state index in [9.17, 15) is 14.7 Å². The van der Waals surface area contributed by atoms with Crippen LogP contribution in [0.1, 0.15) is 343 Å². The summed E-state index contributed by atoms with van der Waals surface area (Å²) >= 11 is 0. The van der Waals surface area contributed by atoms with Crippen LogP contribution in [-0.2, 0) is 19.1 Å². The van der Waals surface area contributed by atoms with Crippen LogP contribution in [-0.4, -0.2) is 79.5 Å². The topological polar surface area (TPSA) is 79.3 Å². The first-order valence-electron chi connectivity index (χ1n) is 32.6. The molecule has 1 N–H and O–H groups in total. The summed E-state index contributed by atoms with van der Waals surface area (Å²) in [6.45, 7) is 14.6. The molecule has 0 spiro atoms. The Bertz CT molecular complexity index is 1100. The van der Waals surface area contributed by atoms with Crippen molar-refractivity contribution < 1.29 is 24.2 Å². The molecule has 0 radical (unpaired) electrons. The zero-order chi connectivity index (χ0) is 52.8. The minimum absolute atomic E-state index is 0.00804. The average molecular weight is 1020 g/mol.